The molecule has 0 radical (unpaired) electrons. The van der Waals surface area contributed by atoms with E-state index < -0.39 is 6.10 Å². The summed E-state index contributed by atoms with van der Waals surface area (Å²) in [7, 11) is 2.00. The Bertz CT molecular complexity index is 894. The van der Waals surface area contributed by atoms with E-state index in [4.69, 9.17) is 4.74 Å². The SMILES string of the molecule is Cc1ccc(CN(C)CC(O)COc2ccc(N=Nc3ccccc3)cc2)cc1. The summed E-state index contributed by atoms with van der Waals surface area (Å²) in [4.78, 5) is 2.09. The Morgan fingerprint density at radius 1 is 0.862 bits per heavy atom. The lowest BCUT2D eigenvalue weighted by Gasteiger charge is -2.21. The molecule has 0 amide bonds. The lowest BCUT2D eigenvalue weighted by Crippen LogP contribution is -2.32. The van der Waals surface area contributed by atoms with Gasteiger partial charge in [0, 0.05) is 13.1 Å². The smallest absolute Gasteiger partial charge is 0.119 e. The molecule has 0 aliphatic heterocycles. The molecule has 1 unspecified atom stereocenters. The summed E-state index contributed by atoms with van der Waals surface area (Å²) < 4.78 is 5.70. The molecule has 3 aromatic carbocycles. The maximum absolute atomic E-state index is 10.3. The van der Waals surface area contributed by atoms with E-state index in [2.05, 4.69) is 46.3 Å². The van der Waals surface area contributed by atoms with Gasteiger partial charge >= 0.3 is 0 Å². The molecule has 29 heavy (non-hydrogen) atoms. The van der Waals surface area contributed by atoms with Crippen molar-refractivity contribution >= 4 is 11.4 Å². The monoisotopic (exact) mass is 389 g/mol. The van der Waals surface area contributed by atoms with Crippen molar-refractivity contribution in [2.75, 3.05) is 20.2 Å². The van der Waals surface area contributed by atoms with E-state index in [9.17, 15) is 5.11 Å². The van der Waals surface area contributed by atoms with Gasteiger partial charge in [-0.1, -0.05) is 48.0 Å². The fourth-order valence-electron chi connectivity index (χ4n) is 2.89. The maximum atomic E-state index is 10.3. The normalized spacial score (nSPS) is 12.4. The van der Waals surface area contributed by atoms with Gasteiger partial charge in [0.2, 0.25) is 0 Å². The molecule has 0 bridgehead atoms. The van der Waals surface area contributed by atoms with E-state index in [1.54, 1.807) is 0 Å². The number of aliphatic hydroxyl groups excluding tert-OH is 1. The summed E-state index contributed by atoms with van der Waals surface area (Å²) in [6, 6.07) is 25.4. The zero-order chi connectivity index (χ0) is 20.5. The summed E-state index contributed by atoms with van der Waals surface area (Å²) in [5, 5.41) is 18.7. The summed E-state index contributed by atoms with van der Waals surface area (Å²) in [5.41, 5.74) is 4.04. The molecule has 0 aliphatic carbocycles. The fraction of sp³-hybridized carbons (Fsp3) is 0.250. The van der Waals surface area contributed by atoms with Crippen LogP contribution in [0.1, 0.15) is 11.1 Å². The molecule has 0 saturated carbocycles. The Morgan fingerprint density at radius 2 is 1.48 bits per heavy atom. The minimum Gasteiger partial charge on any atom is -0.491 e. The maximum Gasteiger partial charge on any atom is 0.119 e. The van der Waals surface area contributed by atoms with Gasteiger partial charge in [-0.2, -0.15) is 10.2 Å². The third kappa shape index (κ3) is 7.14. The number of likely N-dealkylation sites (N-methyl/N-ethyl adjacent to an activating group) is 1. The predicted molar refractivity (Wildman–Crippen MR) is 116 cm³/mol. The van der Waals surface area contributed by atoms with Gasteiger partial charge < -0.3 is 9.84 Å². The molecule has 0 aliphatic rings. The van der Waals surface area contributed by atoms with Crippen LogP contribution in [0, 0.1) is 6.92 Å². The second-order valence-electron chi connectivity index (χ2n) is 7.18. The third-order valence-corrected chi connectivity index (χ3v) is 4.41. The van der Waals surface area contributed by atoms with Gasteiger partial charge in [-0.25, -0.2) is 0 Å². The van der Waals surface area contributed by atoms with Crippen LogP contribution in [-0.2, 0) is 6.54 Å². The van der Waals surface area contributed by atoms with Crippen molar-refractivity contribution in [3.63, 3.8) is 0 Å². The molecule has 0 aromatic heterocycles. The Balaban J connectivity index is 1.43. The van der Waals surface area contributed by atoms with Gasteiger partial charge in [-0.05, 0) is 55.9 Å². The van der Waals surface area contributed by atoms with Crippen LogP contribution in [0.25, 0.3) is 0 Å². The highest BCUT2D eigenvalue weighted by molar-refractivity contribution is 5.42. The van der Waals surface area contributed by atoms with Crippen LogP contribution in [0.5, 0.6) is 5.75 Å². The molecule has 5 nitrogen and oxygen atoms in total. The number of benzene rings is 3. The Hall–Kier alpha value is -3.02. The molecule has 0 spiro atoms. The van der Waals surface area contributed by atoms with Crippen LogP contribution in [0.4, 0.5) is 11.4 Å². The molecule has 3 aromatic rings. The van der Waals surface area contributed by atoms with Crippen molar-refractivity contribution in [1.82, 2.24) is 4.90 Å². The van der Waals surface area contributed by atoms with E-state index in [0.29, 0.717) is 12.3 Å². The summed E-state index contributed by atoms with van der Waals surface area (Å²) in [5.74, 6) is 0.698. The number of rotatable bonds is 9. The van der Waals surface area contributed by atoms with Crippen LogP contribution in [0.3, 0.4) is 0 Å². The van der Waals surface area contributed by atoms with E-state index >= 15 is 0 Å². The molecular weight excluding hydrogens is 362 g/mol. The highest BCUT2D eigenvalue weighted by Crippen LogP contribution is 2.21. The van der Waals surface area contributed by atoms with E-state index in [-0.39, 0.29) is 6.61 Å². The topological polar surface area (TPSA) is 57.4 Å². The van der Waals surface area contributed by atoms with Gasteiger partial charge in [-0.3, -0.25) is 4.90 Å². The summed E-state index contributed by atoms with van der Waals surface area (Å²) in [6.07, 6.45) is -0.567. The summed E-state index contributed by atoms with van der Waals surface area (Å²) >= 11 is 0. The lowest BCUT2D eigenvalue weighted by molar-refractivity contribution is 0.0744. The van der Waals surface area contributed by atoms with Crippen LogP contribution < -0.4 is 4.74 Å². The predicted octanol–water partition coefficient (Wildman–Crippen LogP) is 5.28. The van der Waals surface area contributed by atoms with E-state index in [0.717, 1.165) is 17.9 Å². The van der Waals surface area contributed by atoms with Crippen molar-refractivity contribution in [3.8, 4) is 5.75 Å². The molecule has 5 heteroatoms. The molecule has 1 atom stereocenters. The van der Waals surface area contributed by atoms with Crippen molar-refractivity contribution in [3.05, 3.63) is 90.0 Å². The van der Waals surface area contributed by atoms with Crippen LogP contribution in [0.2, 0.25) is 0 Å². The van der Waals surface area contributed by atoms with Crippen molar-refractivity contribution in [1.29, 1.82) is 0 Å². The number of hydrogen-bond donors (Lipinski definition) is 1. The van der Waals surface area contributed by atoms with Crippen LogP contribution in [-0.4, -0.2) is 36.3 Å². The minimum atomic E-state index is -0.567. The number of aliphatic hydroxyl groups is 1. The van der Waals surface area contributed by atoms with Gasteiger partial charge in [0.15, 0.2) is 0 Å². The number of aryl methyl sites for hydroxylation is 1. The first-order valence-corrected chi connectivity index (χ1v) is 9.70. The third-order valence-electron chi connectivity index (χ3n) is 4.41. The van der Waals surface area contributed by atoms with Gasteiger partial charge in [0.25, 0.3) is 0 Å². The molecule has 0 fully saturated rings. The van der Waals surface area contributed by atoms with Crippen molar-refractivity contribution in [2.24, 2.45) is 10.2 Å². The van der Waals surface area contributed by atoms with Crippen LogP contribution in [0.15, 0.2) is 89.1 Å². The van der Waals surface area contributed by atoms with E-state index in [1.807, 2.05) is 61.6 Å². The first-order valence-electron chi connectivity index (χ1n) is 9.70. The quantitative estimate of drug-likeness (QED) is 0.506. The fourth-order valence-corrected chi connectivity index (χ4v) is 2.89. The minimum absolute atomic E-state index is 0.239. The number of hydrogen-bond acceptors (Lipinski definition) is 5. The highest BCUT2D eigenvalue weighted by atomic mass is 16.5. The van der Waals surface area contributed by atoms with Gasteiger partial charge in [0.1, 0.15) is 18.5 Å². The van der Waals surface area contributed by atoms with Crippen molar-refractivity contribution < 1.29 is 9.84 Å². The average molecular weight is 389 g/mol. The van der Waals surface area contributed by atoms with Crippen molar-refractivity contribution in [2.45, 2.75) is 19.6 Å². The molecular formula is C24H27N3O2. The first-order chi connectivity index (χ1) is 14.1. The van der Waals surface area contributed by atoms with E-state index in [1.165, 1.54) is 11.1 Å². The number of nitrogens with zero attached hydrogens (tertiary/aromatic N) is 3. The number of ether oxygens (including phenoxy) is 1. The first kappa shape index (κ1) is 20.7. The van der Waals surface area contributed by atoms with Crippen LogP contribution >= 0.6 is 0 Å². The lowest BCUT2D eigenvalue weighted by atomic mass is 10.1. The molecule has 150 valence electrons. The Kier molecular flexibility index (Phi) is 7.50. The zero-order valence-electron chi connectivity index (χ0n) is 16.9. The Morgan fingerprint density at radius 3 is 2.14 bits per heavy atom. The van der Waals surface area contributed by atoms with Gasteiger partial charge in [0.05, 0.1) is 11.4 Å². The molecule has 0 saturated heterocycles. The molecule has 1 N–H and O–H groups in total. The van der Waals surface area contributed by atoms with Gasteiger partial charge in [-0.15, -0.1) is 0 Å². The highest BCUT2D eigenvalue weighted by Gasteiger charge is 2.10. The molecule has 3 rings (SSSR count). The molecule has 0 heterocycles. The standard InChI is InChI=1S/C24H27N3O2/c1-19-8-10-20(11-9-19)16-27(2)17-23(28)18-29-24-14-12-22(13-15-24)26-25-21-6-4-3-5-7-21/h3-15,23,28H,16-18H2,1-2H3. The summed E-state index contributed by atoms with van der Waals surface area (Å²) in [6.45, 7) is 3.64. The largest absolute Gasteiger partial charge is 0.491 e. The average Bonchev–Trinajstić information content (AvgIpc) is 2.74. The number of azo groups is 1. The second kappa shape index (κ2) is 10.5. The zero-order valence-corrected chi connectivity index (χ0v) is 16.9. The Labute approximate surface area is 172 Å². The second-order valence-corrected chi connectivity index (χ2v) is 7.18.